The number of hydrogen-bond acceptors (Lipinski definition) is 3. The van der Waals surface area contributed by atoms with Crippen molar-refractivity contribution in [1.29, 1.82) is 0 Å². The van der Waals surface area contributed by atoms with Gasteiger partial charge in [0, 0.05) is 17.0 Å². The molecule has 1 amide bonds. The molecule has 0 saturated heterocycles. The summed E-state index contributed by atoms with van der Waals surface area (Å²) in [6, 6.07) is 22.7. The van der Waals surface area contributed by atoms with Crippen LogP contribution < -0.4 is 5.32 Å². The van der Waals surface area contributed by atoms with E-state index in [-0.39, 0.29) is 11.3 Å². The van der Waals surface area contributed by atoms with E-state index in [2.05, 4.69) is 67.5 Å². The van der Waals surface area contributed by atoms with Crippen LogP contribution in [-0.4, -0.2) is 10.9 Å². The molecule has 4 heteroatoms. The molecule has 0 unspecified atom stereocenters. The van der Waals surface area contributed by atoms with Gasteiger partial charge in [-0.05, 0) is 33.4 Å². The van der Waals surface area contributed by atoms with Crippen LogP contribution in [0.5, 0.6) is 0 Å². The quantitative estimate of drug-likeness (QED) is 0.370. The van der Waals surface area contributed by atoms with Gasteiger partial charge in [0.05, 0.1) is 5.69 Å². The van der Waals surface area contributed by atoms with Crippen LogP contribution in [0.15, 0.2) is 78.2 Å². The molecule has 1 heterocycles. The lowest BCUT2D eigenvalue weighted by atomic mass is 9.87. The molecule has 0 spiro atoms. The van der Waals surface area contributed by atoms with Crippen molar-refractivity contribution in [3.05, 3.63) is 89.3 Å². The van der Waals surface area contributed by atoms with Gasteiger partial charge < -0.3 is 0 Å². The number of anilines is 1. The van der Waals surface area contributed by atoms with Crippen LogP contribution >= 0.6 is 11.3 Å². The number of amides is 1. The van der Waals surface area contributed by atoms with Crippen LogP contribution in [-0.2, 0) is 10.2 Å². The highest BCUT2D eigenvalue weighted by Crippen LogP contribution is 2.31. The second-order valence-corrected chi connectivity index (χ2v) is 9.12. The predicted molar refractivity (Wildman–Crippen MR) is 128 cm³/mol. The number of nitrogens with one attached hydrogen (secondary N) is 1. The van der Waals surface area contributed by atoms with Crippen molar-refractivity contribution in [2.45, 2.75) is 26.2 Å². The first-order valence-corrected chi connectivity index (χ1v) is 10.8. The number of carbonyl (C=O) groups is 1. The third-order valence-corrected chi connectivity index (χ3v) is 5.76. The van der Waals surface area contributed by atoms with Gasteiger partial charge in [0.2, 0.25) is 5.91 Å². The SMILES string of the molecule is CC(C)(C)c1ccc(C=CC(=O)Nc2nc(-c3cccc4ccccc34)cs2)cc1. The van der Waals surface area contributed by atoms with Crippen LogP contribution in [0.3, 0.4) is 0 Å². The number of nitrogens with zero attached hydrogens (tertiary/aromatic N) is 1. The summed E-state index contributed by atoms with van der Waals surface area (Å²) in [5.74, 6) is -0.186. The minimum Gasteiger partial charge on any atom is -0.298 e. The Hall–Kier alpha value is -3.24. The standard InChI is InChI=1S/C26H24N2OS/c1-26(2,3)20-14-11-18(12-15-20)13-16-24(29)28-25-27-23(17-30-25)22-10-6-8-19-7-4-5-9-21(19)22/h4-17H,1-3H3,(H,27,28,29). The summed E-state index contributed by atoms with van der Waals surface area (Å²) < 4.78 is 0. The zero-order chi connectivity index (χ0) is 21.1. The number of benzene rings is 3. The maximum Gasteiger partial charge on any atom is 0.250 e. The Morgan fingerprint density at radius 2 is 1.70 bits per heavy atom. The molecule has 3 aromatic carbocycles. The van der Waals surface area contributed by atoms with E-state index < -0.39 is 0 Å². The summed E-state index contributed by atoms with van der Waals surface area (Å²) in [5.41, 5.74) is 4.32. The molecule has 4 rings (SSSR count). The number of rotatable bonds is 4. The van der Waals surface area contributed by atoms with Gasteiger partial charge in [0.1, 0.15) is 0 Å². The molecule has 150 valence electrons. The predicted octanol–water partition coefficient (Wildman–Crippen LogP) is 6.91. The third-order valence-electron chi connectivity index (χ3n) is 5.00. The van der Waals surface area contributed by atoms with Crippen LogP contribution in [0.25, 0.3) is 28.1 Å². The van der Waals surface area contributed by atoms with E-state index >= 15 is 0 Å². The monoisotopic (exact) mass is 412 g/mol. The fraction of sp³-hybridized carbons (Fsp3) is 0.154. The van der Waals surface area contributed by atoms with E-state index in [0.717, 1.165) is 22.2 Å². The first-order valence-electron chi connectivity index (χ1n) is 9.93. The smallest absolute Gasteiger partial charge is 0.250 e. The van der Waals surface area contributed by atoms with Crippen LogP contribution in [0.4, 0.5) is 5.13 Å². The molecule has 0 radical (unpaired) electrons. The zero-order valence-corrected chi connectivity index (χ0v) is 18.2. The summed E-state index contributed by atoms with van der Waals surface area (Å²) in [5, 5.41) is 7.77. The van der Waals surface area contributed by atoms with Crippen LogP contribution in [0.2, 0.25) is 0 Å². The Labute approximate surface area is 181 Å². The minimum absolute atomic E-state index is 0.117. The highest BCUT2D eigenvalue weighted by Gasteiger charge is 2.12. The topological polar surface area (TPSA) is 42.0 Å². The van der Waals surface area contributed by atoms with Gasteiger partial charge in [-0.1, -0.05) is 87.5 Å². The van der Waals surface area contributed by atoms with Crippen molar-refractivity contribution >= 4 is 39.2 Å². The van der Waals surface area contributed by atoms with Crippen molar-refractivity contribution in [1.82, 2.24) is 4.98 Å². The Kier molecular flexibility index (Phi) is 5.51. The fourth-order valence-electron chi connectivity index (χ4n) is 3.32. The van der Waals surface area contributed by atoms with E-state index in [1.165, 1.54) is 22.3 Å². The minimum atomic E-state index is -0.186. The van der Waals surface area contributed by atoms with Crippen LogP contribution in [0, 0.1) is 0 Å². The summed E-state index contributed by atoms with van der Waals surface area (Å²) in [6.45, 7) is 6.56. The van der Waals surface area contributed by atoms with Crippen molar-refractivity contribution in [2.75, 3.05) is 5.32 Å². The van der Waals surface area contributed by atoms with Gasteiger partial charge in [0.15, 0.2) is 5.13 Å². The van der Waals surface area contributed by atoms with E-state index in [1.54, 1.807) is 6.08 Å². The molecule has 0 aliphatic rings. The van der Waals surface area contributed by atoms with Gasteiger partial charge in [0.25, 0.3) is 0 Å². The van der Waals surface area contributed by atoms with E-state index in [9.17, 15) is 4.79 Å². The normalized spacial score (nSPS) is 11.8. The highest BCUT2D eigenvalue weighted by molar-refractivity contribution is 7.14. The lowest BCUT2D eigenvalue weighted by Crippen LogP contribution is -2.10. The second-order valence-electron chi connectivity index (χ2n) is 8.26. The largest absolute Gasteiger partial charge is 0.298 e. The third kappa shape index (κ3) is 4.50. The molecule has 30 heavy (non-hydrogen) atoms. The summed E-state index contributed by atoms with van der Waals surface area (Å²) in [6.07, 6.45) is 3.37. The average Bonchev–Trinajstić information content (AvgIpc) is 3.19. The van der Waals surface area contributed by atoms with Crippen molar-refractivity contribution in [3.63, 3.8) is 0 Å². The first kappa shape index (κ1) is 20.0. The molecule has 0 aliphatic carbocycles. The maximum absolute atomic E-state index is 12.3. The summed E-state index contributed by atoms with van der Waals surface area (Å²) in [4.78, 5) is 17.0. The summed E-state index contributed by atoms with van der Waals surface area (Å²) >= 11 is 1.43. The maximum atomic E-state index is 12.3. The Morgan fingerprint density at radius 3 is 2.47 bits per heavy atom. The molecule has 0 aliphatic heterocycles. The van der Waals surface area contributed by atoms with Gasteiger partial charge in [-0.3, -0.25) is 10.1 Å². The van der Waals surface area contributed by atoms with Crippen LogP contribution in [0.1, 0.15) is 31.9 Å². The van der Waals surface area contributed by atoms with Crippen molar-refractivity contribution in [3.8, 4) is 11.3 Å². The zero-order valence-electron chi connectivity index (χ0n) is 17.3. The number of fused-ring (bicyclic) bond motifs is 1. The molecular formula is C26H24N2OS. The lowest BCUT2D eigenvalue weighted by Gasteiger charge is -2.18. The second kappa shape index (κ2) is 8.25. The number of carbonyl (C=O) groups excluding carboxylic acids is 1. The number of thiazole rings is 1. The molecule has 1 N–H and O–H groups in total. The molecule has 0 fully saturated rings. The fourth-order valence-corrected chi connectivity index (χ4v) is 4.03. The number of aromatic nitrogens is 1. The molecule has 0 atom stereocenters. The molecule has 0 bridgehead atoms. The Balaban J connectivity index is 1.46. The van der Waals surface area contributed by atoms with E-state index in [4.69, 9.17) is 0 Å². The Morgan fingerprint density at radius 1 is 0.967 bits per heavy atom. The number of hydrogen-bond donors (Lipinski definition) is 1. The molecule has 3 nitrogen and oxygen atoms in total. The van der Waals surface area contributed by atoms with E-state index in [1.807, 2.05) is 41.8 Å². The van der Waals surface area contributed by atoms with Gasteiger partial charge >= 0.3 is 0 Å². The van der Waals surface area contributed by atoms with Gasteiger partial charge in [-0.2, -0.15) is 0 Å². The Bertz CT molecular complexity index is 1210. The van der Waals surface area contributed by atoms with Gasteiger partial charge in [-0.25, -0.2) is 4.98 Å². The van der Waals surface area contributed by atoms with Gasteiger partial charge in [-0.15, -0.1) is 11.3 Å². The van der Waals surface area contributed by atoms with E-state index in [0.29, 0.717) is 5.13 Å². The molecular weight excluding hydrogens is 388 g/mol. The molecule has 4 aromatic rings. The first-order chi connectivity index (χ1) is 14.4. The average molecular weight is 413 g/mol. The molecule has 1 aromatic heterocycles. The van der Waals surface area contributed by atoms with Crippen molar-refractivity contribution in [2.24, 2.45) is 0 Å². The summed E-state index contributed by atoms with van der Waals surface area (Å²) in [7, 11) is 0. The highest BCUT2D eigenvalue weighted by atomic mass is 32.1. The lowest BCUT2D eigenvalue weighted by molar-refractivity contribution is -0.111. The molecule has 0 saturated carbocycles. The van der Waals surface area contributed by atoms with Crippen molar-refractivity contribution < 1.29 is 4.79 Å².